The number of carboxylic acid groups (broad SMARTS) is 1. The van der Waals surface area contributed by atoms with Crippen molar-refractivity contribution in [2.24, 2.45) is 5.41 Å². The average Bonchev–Trinajstić information content (AvgIpc) is 3.25. The summed E-state index contributed by atoms with van der Waals surface area (Å²) in [5.41, 5.74) is 4.18. The number of carbonyl (C=O) groups is 1. The minimum absolute atomic E-state index is 0.105. The molecule has 8 heteroatoms. The molecule has 2 N–H and O–H groups in total. The zero-order valence-electron chi connectivity index (χ0n) is 19.0. The van der Waals surface area contributed by atoms with Gasteiger partial charge in [0.25, 0.3) is 0 Å². The number of ether oxygens (including phenoxy) is 1. The molecule has 1 aliphatic carbocycles. The number of anilines is 2. The summed E-state index contributed by atoms with van der Waals surface area (Å²) in [4.78, 5) is 25.1. The fourth-order valence-electron chi connectivity index (χ4n) is 4.35. The number of hydrogen-bond donors (Lipinski definition) is 2. The molecule has 34 heavy (non-hydrogen) atoms. The number of fused-ring (bicyclic) bond motifs is 1. The van der Waals surface area contributed by atoms with Crippen molar-refractivity contribution in [3.8, 4) is 17.1 Å². The highest BCUT2D eigenvalue weighted by Crippen LogP contribution is 2.37. The first kappa shape index (κ1) is 22.3. The molecule has 1 saturated carbocycles. The van der Waals surface area contributed by atoms with E-state index in [0.29, 0.717) is 12.8 Å². The predicted octanol–water partition coefficient (Wildman–Crippen LogP) is 6.22. The number of nitrogens with zero attached hydrogens (tertiary/aromatic N) is 3. The van der Waals surface area contributed by atoms with Gasteiger partial charge in [-0.15, -0.1) is 0 Å². The number of carboxylic acids is 1. The van der Waals surface area contributed by atoms with E-state index in [9.17, 15) is 9.90 Å². The Morgan fingerprint density at radius 1 is 1.06 bits per heavy atom. The lowest BCUT2D eigenvalue weighted by Gasteiger charge is -2.32. The highest BCUT2D eigenvalue weighted by atomic mass is 32.1. The number of aliphatic carboxylic acids is 1. The number of thiazole rings is 1. The van der Waals surface area contributed by atoms with E-state index >= 15 is 0 Å². The Balaban J connectivity index is 1.23. The van der Waals surface area contributed by atoms with Crippen LogP contribution in [0.2, 0.25) is 0 Å². The maximum absolute atomic E-state index is 11.8. The molecule has 1 aliphatic rings. The van der Waals surface area contributed by atoms with Gasteiger partial charge < -0.3 is 15.2 Å². The Hall–Kier alpha value is -3.52. The molecule has 5 rings (SSSR count). The van der Waals surface area contributed by atoms with Crippen LogP contribution in [0.3, 0.4) is 0 Å². The molecule has 0 aliphatic heterocycles. The van der Waals surface area contributed by atoms with E-state index in [4.69, 9.17) is 4.74 Å². The first-order chi connectivity index (χ1) is 16.5. The van der Waals surface area contributed by atoms with Crippen LogP contribution in [-0.4, -0.2) is 32.6 Å². The van der Waals surface area contributed by atoms with Crippen LogP contribution in [0.1, 0.15) is 37.7 Å². The maximum Gasteiger partial charge on any atom is 0.316 e. The van der Waals surface area contributed by atoms with Crippen LogP contribution < -0.4 is 10.1 Å². The maximum atomic E-state index is 11.8. The van der Waals surface area contributed by atoms with Crippen molar-refractivity contribution in [2.75, 3.05) is 11.9 Å². The van der Waals surface area contributed by atoms with Gasteiger partial charge >= 0.3 is 12.0 Å². The second kappa shape index (κ2) is 9.38. The van der Waals surface area contributed by atoms with Gasteiger partial charge in [0, 0.05) is 23.6 Å². The van der Waals surface area contributed by atoms with Gasteiger partial charge in [-0.05, 0) is 55.2 Å². The molecular weight excluding hydrogens is 448 g/mol. The van der Waals surface area contributed by atoms with Crippen molar-refractivity contribution in [1.82, 2.24) is 15.0 Å². The molecule has 174 valence electrons. The van der Waals surface area contributed by atoms with Gasteiger partial charge in [0.05, 0.1) is 10.2 Å². The lowest BCUT2D eigenvalue weighted by Crippen LogP contribution is -2.39. The largest absolute Gasteiger partial charge is 0.481 e. The second-order valence-corrected chi connectivity index (χ2v) is 9.91. The summed E-state index contributed by atoms with van der Waals surface area (Å²) in [5.74, 6) is -0.793. The van der Waals surface area contributed by atoms with Crippen molar-refractivity contribution in [2.45, 2.75) is 39.0 Å². The van der Waals surface area contributed by atoms with Gasteiger partial charge in [-0.2, -0.15) is 0 Å². The molecule has 0 saturated heterocycles. The first-order valence-corrected chi connectivity index (χ1v) is 12.3. The highest BCUT2D eigenvalue weighted by molar-refractivity contribution is 7.22. The zero-order valence-corrected chi connectivity index (χ0v) is 19.8. The lowest BCUT2D eigenvalue weighted by atomic mass is 9.75. The molecule has 2 aromatic heterocycles. The monoisotopic (exact) mass is 474 g/mol. The van der Waals surface area contributed by atoms with Crippen LogP contribution in [-0.2, 0) is 4.79 Å². The molecule has 0 radical (unpaired) electrons. The second-order valence-electron chi connectivity index (χ2n) is 8.88. The average molecular weight is 475 g/mol. The molecule has 2 heterocycles. The standard InChI is InChI=1S/C26H26N4O3S/c1-17-5-10-21-22(13-17)34-25(30-21)29-20-8-6-18(7-9-20)19-14-27-24(28-15-19)33-16-26(23(31)32)11-3-2-4-12-26/h5-10,13-15H,2-4,11-12,16H2,1H3,(H,29,30)(H,31,32). The lowest BCUT2D eigenvalue weighted by molar-refractivity contribution is -0.153. The van der Waals surface area contributed by atoms with Gasteiger partial charge in [0.2, 0.25) is 0 Å². The van der Waals surface area contributed by atoms with Crippen LogP contribution in [0.4, 0.5) is 10.8 Å². The predicted molar refractivity (Wildman–Crippen MR) is 134 cm³/mol. The van der Waals surface area contributed by atoms with E-state index in [2.05, 4.69) is 39.3 Å². The summed E-state index contributed by atoms with van der Waals surface area (Å²) >= 11 is 1.63. The zero-order chi connectivity index (χ0) is 23.5. The fourth-order valence-corrected chi connectivity index (χ4v) is 5.33. The molecule has 0 bridgehead atoms. The summed E-state index contributed by atoms with van der Waals surface area (Å²) in [6.07, 6.45) is 7.59. The minimum Gasteiger partial charge on any atom is -0.481 e. The Morgan fingerprint density at radius 3 is 2.50 bits per heavy atom. The minimum atomic E-state index is -0.828. The van der Waals surface area contributed by atoms with Gasteiger partial charge in [0.15, 0.2) is 5.13 Å². The summed E-state index contributed by atoms with van der Waals surface area (Å²) in [6, 6.07) is 14.5. The molecule has 7 nitrogen and oxygen atoms in total. The Labute approximate surface area is 201 Å². The normalized spacial score (nSPS) is 15.2. The van der Waals surface area contributed by atoms with Crippen LogP contribution in [0.15, 0.2) is 54.9 Å². The summed E-state index contributed by atoms with van der Waals surface area (Å²) in [5, 5.41) is 13.9. The van der Waals surface area contributed by atoms with Crippen molar-refractivity contribution in [3.63, 3.8) is 0 Å². The van der Waals surface area contributed by atoms with E-state index < -0.39 is 11.4 Å². The number of aromatic nitrogens is 3. The van der Waals surface area contributed by atoms with Crippen molar-refractivity contribution in [3.05, 3.63) is 60.4 Å². The van der Waals surface area contributed by atoms with E-state index in [1.165, 1.54) is 5.56 Å². The smallest absolute Gasteiger partial charge is 0.316 e. The van der Waals surface area contributed by atoms with E-state index in [1.807, 2.05) is 30.3 Å². The third-order valence-electron chi connectivity index (χ3n) is 6.38. The molecule has 0 spiro atoms. The van der Waals surface area contributed by atoms with Crippen molar-refractivity contribution < 1.29 is 14.6 Å². The number of hydrogen-bond acceptors (Lipinski definition) is 7. The quantitative estimate of drug-likeness (QED) is 0.328. The SMILES string of the molecule is Cc1ccc2nc(Nc3ccc(-c4cnc(OCC5(C(=O)O)CCCCC5)nc4)cc3)sc2c1. The van der Waals surface area contributed by atoms with Gasteiger partial charge in [-0.25, -0.2) is 15.0 Å². The number of nitrogens with one attached hydrogen (secondary N) is 1. The molecule has 0 unspecified atom stereocenters. The molecular formula is C26H26N4O3S. The highest BCUT2D eigenvalue weighted by Gasteiger charge is 2.40. The number of rotatable bonds is 7. The summed E-state index contributed by atoms with van der Waals surface area (Å²) < 4.78 is 6.86. The molecule has 1 fully saturated rings. The summed E-state index contributed by atoms with van der Waals surface area (Å²) in [7, 11) is 0. The van der Waals surface area contributed by atoms with Gasteiger partial charge in [0.1, 0.15) is 12.0 Å². The fraction of sp³-hybridized carbons (Fsp3) is 0.308. The number of aryl methyl sites for hydroxylation is 1. The Kier molecular flexibility index (Phi) is 6.15. The van der Waals surface area contributed by atoms with Crippen molar-refractivity contribution in [1.29, 1.82) is 0 Å². The van der Waals surface area contributed by atoms with Gasteiger partial charge in [-0.1, -0.05) is 48.8 Å². The van der Waals surface area contributed by atoms with Crippen LogP contribution in [0.5, 0.6) is 6.01 Å². The van der Waals surface area contributed by atoms with E-state index in [1.54, 1.807) is 23.7 Å². The third kappa shape index (κ3) is 4.72. The van der Waals surface area contributed by atoms with Gasteiger partial charge in [-0.3, -0.25) is 4.79 Å². The Bertz CT molecular complexity index is 1300. The summed E-state index contributed by atoms with van der Waals surface area (Å²) in [6.45, 7) is 2.18. The Morgan fingerprint density at radius 2 is 1.79 bits per heavy atom. The molecule has 4 aromatic rings. The van der Waals surface area contributed by atoms with E-state index in [0.717, 1.165) is 51.4 Å². The van der Waals surface area contributed by atoms with Crippen LogP contribution >= 0.6 is 11.3 Å². The molecule has 0 atom stereocenters. The van der Waals surface area contributed by atoms with Crippen molar-refractivity contribution >= 4 is 38.3 Å². The molecule has 0 amide bonds. The third-order valence-corrected chi connectivity index (χ3v) is 7.32. The van der Waals surface area contributed by atoms with Crippen LogP contribution in [0, 0.1) is 12.3 Å². The number of benzene rings is 2. The molecule has 2 aromatic carbocycles. The first-order valence-electron chi connectivity index (χ1n) is 11.4. The van der Waals surface area contributed by atoms with Crippen LogP contribution in [0.25, 0.3) is 21.3 Å². The van der Waals surface area contributed by atoms with E-state index in [-0.39, 0.29) is 12.6 Å². The topological polar surface area (TPSA) is 97.2 Å².